The van der Waals surface area contributed by atoms with Crippen LogP contribution in [0.25, 0.3) is 0 Å². The van der Waals surface area contributed by atoms with Crippen molar-refractivity contribution in [3.05, 3.63) is 29.8 Å². The van der Waals surface area contributed by atoms with E-state index in [9.17, 15) is 5.11 Å². The molecule has 5 heteroatoms. The Labute approximate surface area is 151 Å². The van der Waals surface area contributed by atoms with E-state index in [0.29, 0.717) is 19.2 Å². The Kier molecular flexibility index (Phi) is 7.11. The van der Waals surface area contributed by atoms with Crippen LogP contribution in [0.15, 0.2) is 24.3 Å². The highest BCUT2D eigenvalue weighted by Crippen LogP contribution is 2.20. The largest absolute Gasteiger partial charge is 0.491 e. The predicted molar refractivity (Wildman–Crippen MR) is 99.2 cm³/mol. The molecular formula is C20H32N2O3. The van der Waals surface area contributed by atoms with Crippen molar-refractivity contribution < 1.29 is 14.6 Å². The van der Waals surface area contributed by atoms with Gasteiger partial charge in [-0.05, 0) is 37.9 Å². The molecule has 0 aliphatic carbocycles. The quantitative estimate of drug-likeness (QED) is 0.816. The Balaban J connectivity index is 1.47. The molecule has 2 unspecified atom stereocenters. The van der Waals surface area contributed by atoms with Crippen molar-refractivity contribution in [2.75, 3.05) is 52.5 Å². The summed E-state index contributed by atoms with van der Waals surface area (Å²) in [6.07, 6.45) is 3.29. The molecular weight excluding hydrogens is 316 g/mol. The minimum absolute atomic E-state index is 0.353. The fraction of sp³-hybridized carbons (Fsp3) is 0.700. The van der Waals surface area contributed by atoms with Gasteiger partial charge in [0, 0.05) is 32.2 Å². The first-order valence-corrected chi connectivity index (χ1v) is 9.63. The first kappa shape index (κ1) is 18.6. The van der Waals surface area contributed by atoms with Gasteiger partial charge in [-0.3, -0.25) is 9.80 Å². The van der Waals surface area contributed by atoms with Gasteiger partial charge in [0.1, 0.15) is 18.5 Å². The van der Waals surface area contributed by atoms with Gasteiger partial charge in [0.2, 0.25) is 0 Å². The number of likely N-dealkylation sites (tertiary alicyclic amines) is 1. The molecule has 0 spiro atoms. The summed E-state index contributed by atoms with van der Waals surface area (Å²) in [5.74, 6) is 0.866. The number of ether oxygens (including phenoxy) is 2. The Morgan fingerprint density at radius 1 is 1.20 bits per heavy atom. The molecule has 0 radical (unpaired) electrons. The molecule has 1 aromatic rings. The van der Waals surface area contributed by atoms with Crippen LogP contribution in [-0.4, -0.2) is 79.6 Å². The lowest BCUT2D eigenvalue weighted by Crippen LogP contribution is -2.51. The van der Waals surface area contributed by atoms with E-state index in [4.69, 9.17) is 9.47 Å². The number of aliphatic hydroxyl groups is 1. The zero-order chi connectivity index (χ0) is 17.5. The van der Waals surface area contributed by atoms with Crippen molar-refractivity contribution in [2.24, 2.45) is 0 Å². The van der Waals surface area contributed by atoms with Gasteiger partial charge in [-0.25, -0.2) is 0 Å². The second-order valence-corrected chi connectivity index (χ2v) is 7.29. The number of nitrogens with zero attached hydrogens (tertiary/aromatic N) is 2. The van der Waals surface area contributed by atoms with Crippen LogP contribution in [0.4, 0.5) is 0 Å². The molecule has 0 aromatic heterocycles. The van der Waals surface area contributed by atoms with Crippen LogP contribution in [0.3, 0.4) is 0 Å². The molecule has 2 saturated heterocycles. The highest BCUT2D eigenvalue weighted by atomic mass is 16.5. The standard InChI is InChI=1S/C20H32N2O3/c1-17-6-2-3-8-20(17)25-16-19(23)15-22-9-5-4-7-18(22)14-21-10-12-24-13-11-21/h2-3,6,8,18-19,23H,4-5,7,9-16H2,1H3. The molecule has 2 aliphatic rings. The number of rotatable bonds is 7. The minimum atomic E-state index is -0.454. The van der Waals surface area contributed by atoms with Crippen molar-refractivity contribution in [3.63, 3.8) is 0 Å². The van der Waals surface area contributed by atoms with Crippen LogP contribution in [0.2, 0.25) is 0 Å². The molecule has 0 bridgehead atoms. The summed E-state index contributed by atoms with van der Waals surface area (Å²) in [4.78, 5) is 4.97. The molecule has 1 aromatic carbocycles. The molecule has 2 atom stereocenters. The third kappa shape index (κ3) is 5.68. The molecule has 2 aliphatic heterocycles. The lowest BCUT2D eigenvalue weighted by molar-refractivity contribution is 0.00105. The lowest BCUT2D eigenvalue weighted by Gasteiger charge is -2.40. The van der Waals surface area contributed by atoms with E-state index in [-0.39, 0.29) is 0 Å². The smallest absolute Gasteiger partial charge is 0.122 e. The highest BCUT2D eigenvalue weighted by molar-refractivity contribution is 5.31. The fourth-order valence-corrected chi connectivity index (χ4v) is 3.82. The average Bonchev–Trinajstić information content (AvgIpc) is 2.64. The Morgan fingerprint density at radius 2 is 2.00 bits per heavy atom. The molecule has 2 heterocycles. The van der Waals surface area contributed by atoms with Gasteiger partial charge < -0.3 is 14.6 Å². The SMILES string of the molecule is Cc1ccccc1OCC(O)CN1CCCCC1CN1CCOCC1. The van der Waals surface area contributed by atoms with Gasteiger partial charge in [-0.15, -0.1) is 0 Å². The monoisotopic (exact) mass is 348 g/mol. The van der Waals surface area contributed by atoms with Crippen LogP contribution < -0.4 is 4.74 Å². The maximum Gasteiger partial charge on any atom is 0.122 e. The number of piperidine rings is 1. The second-order valence-electron chi connectivity index (χ2n) is 7.29. The van der Waals surface area contributed by atoms with E-state index in [0.717, 1.165) is 50.7 Å². The van der Waals surface area contributed by atoms with Crippen molar-refractivity contribution in [1.82, 2.24) is 9.80 Å². The van der Waals surface area contributed by atoms with Crippen molar-refractivity contribution in [2.45, 2.75) is 38.3 Å². The fourth-order valence-electron chi connectivity index (χ4n) is 3.82. The summed E-state index contributed by atoms with van der Waals surface area (Å²) >= 11 is 0. The van der Waals surface area contributed by atoms with E-state index in [1.165, 1.54) is 19.3 Å². The molecule has 3 rings (SSSR count). The number of hydrogen-bond donors (Lipinski definition) is 1. The molecule has 0 saturated carbocycles. The van der Waals surface area contributed by atoms with Crippen LogP contribution in [-0.2, 0) is 4.74 Å². The Bertz CT molecular complexity index is 519. The minimum Gasteiger partial charge on any atom is -0.491 e. The van der Waals surface area contributed by atoms with E-state index in [1.807, 2.05) is 31.2 Å². The summed E-state index contributed by atoms with van der Waals surface area (Å²) in [7, 11) is 0. The molecule has 0 amide bonds. The van der Waals surface area contributed by atoms with Gasteiger partial charge in [-0.1, -0.05) is 24.6 Å². The third-order valence-corrected chi connectivity index (χ3v) is 5.29. The zero-order valence-corrected chi connectivity index (χ0v) is 15.4. The van der Waals surface area contributed by atoms with Crippen LogP contribution in [0, 0.1) is 6.92 Å². The predicted octanol–water partition coefficient (Wildman–Crippen LogP) is 1.92. The summed E-state index contributed by atoms with van der Waals surface area (Å²) in [5.41, 5.74) is 1.11. The summed E-state index contributed by atoms with van der Waals surface area (Å²) in [6, 6.07) is 8.51. The van der Waals surface area contributed by atoms with Crippen LogP contribution >= 0.6 is 0 Å². The summed E-state index contributed by atoms with van der Waals surface area (Å²) in [5, 5.41) is 10.5. The third-order valence-electron chi connectivity index (χ3n) is 5.29. The van der Waals surface area contributed by atoms with Gasteiger partial charge >= 0.3 is 0 Å². The molecule has 140 valence electrons. The van der Waals surface area contributed by atoms with E-state index >= 15 is 0 Å². The normalized spacial score (nSPS) is 24.2. The van der Waals surface area contributed by atoms with E-state index in [2.05, 4.69) is 9.80 Å². The Hall–Kier alpha value is -1.14. The van der Waals surface area contributed by atoms with Gasteiger partial charge in [0.25, 0.3) is 0 Å². The van der Waals surface area contributed by atoms with Crippen LogP contribution in [0.1, 0.15) is 24.8 Å². The van der Waals surface area contributed by atoms with Crippen molar-refractivity contribution in [3.8, 4) is 5.75 Å². The average molecular weight is 348 g/mol. The number of β-amino-alcohol motifs (C(OH)–C–C–N with tert-alkyl or cyclic N) is 1. The van der Waals surface area contributed by atoms with Crippen molar-refractivity contribution in [1.29, 1.82) is 0 Å². The number of benzene rings is 1. The first-order valence-electron chi connectivity index (χ1n) is 9.63. The zero-order valence-electron chi connectivity index (χ0n) is 15.4. The molecule has 25 heavy (non-hydrogen) atoms. The Morgan fingerprint density at radius 3 is 2.80 bits per heavy atom. The van der Waals surface area contributed by atoms with E-state index < -0.39 is 6.10 Å². The molecule has 1 N–H and O–H groups in total. The van der Waals surface area contributed by atoms with Crippen LogP contribution in [0.5, 0.6) is 5.75 Å². The lowest BCUT2D eigenvalue weighted by atomic mass is 10.0. The summed E-state index contributed by atoms with van der Waals surface area (Å²) in [6.45, 7) is 9.01. The number of aryl methyl sites for hydroxylation is 1. The number of aliphatic hydroxyl groups excluding tert-OH is 1. The van der Waals surface area contributed by atoms with Crippen molar-refractivity contribution >= 4 is 0 Å². The van der Waals surface area contributed by atoms with Gasteiger partial charge in [0.05, 0.1) is 13.2 Å². The molecule has 5 nitrogen and oxygen atoms in total. The molecule has 2 fully saturated rings. The number of morpholine rings is 1. The summed E-state index contributed by atoms with van der Waals surface area (Å²) < 4.78 is 11.3. The van der Waals surface area contributed by atoms with Gasteiger partial charge in [-0.2, -0.15) is 0 Å². The number of hydrogen-bond acceptors (Lipinski definition) is 5. The maximum atomic E-state index is 10.5. The second kappa shape index (κ2) is 9.53. The maximum absolute atomic E-state index is 10.5. The van der Waals surface area contributed by atoms with Gasteiger partial charge in [0.15, 0.2) is 0 Å². The first-order chi connectivity index (χ1) is 12.2. The highest BCUT2D eigenvalue weighted by Gasteiger charge is 2.27. The topological polar surface area (TPSA) is 45.2 Å². The number of para-hydroxylation sites is 1. The van der Waals surface area contributed by atoms with E-state index in [1.54, 1.807) is 0 Å².